The molecule has 1 amide bonds. The molecule has 2 heterocycles. The molecule has 2 aromatic rings. The first-order valence-electron chi connectivity index (χ1n) is 8.78. The molecule has 0 bridgehead atoms. The van der Waals surface area contributed by atoms with Crippen LogP contribution in [0.1, 0.15) is 24.4 Å². The average molecular weight is 374 g/mol. The number of carbonyl (C=O) groups excluding carboxylic acids is 1. The summed E-state index contributed by atoms with van der Waals surface area (Å²) in [6.45, 7) is 1.86. The van der Waals surface area contributed by atoms with Gasteiger partial charge in [0.2, 0.25) is 0 Å². The Morgan fingerprint density at radius 3 is 2.85 bits per heavy atom. The van der Waals surface area contributed by atoms with Crippen molar-refractivity contribution in [1.29, 1.82) is 0 Å². The molecule has 0 unspecified atom stereocenters. The van der Waals surface area contributed by atoms with Crippen LogP contribution in [0, 0.1) is 0 Å². The van der Waals surface area contributed by atoms with Crippen LogP contribution >= 0.6 is 11.6 Å². The highest BCUT2D eigenvalue weighted by molar-refractivity contribution is 6.30. The first kappa shape index (κ1) is 17.0. The number of hydrogen-bond donors (Lipinski definition) is 0. The van der Waals surface area contributed by atoms with E-state index >= 15 is 0 Å². The number of benzene rings is 2. The third-order valence-electron chi connectivity index (χ3n) is 4.68. The molecule has 2 aliphatic heterocycles. The second-order valence-corrected chi connectivity index (χ2v) is 6.83. The number of nitrogens with zero attached hydrogens (tertiary/aromatic N) is 1. The normalized spacial score (nSPS) is 18.7. The molecule has 0 radical (unpaired) electrons. The van der Waals surface area contributed by atoms with Crippen LogP contribution in [0.2, 0.25) is 5.02 Å². The van der Waals surface area contributed by atoms with Gasteiger partial charge in [-0.1, -0.05) is 23.7 Å². The number of ether oxygens (including phenoxy) is 3. The third-order valence-corrected chi connectivity index (χ3v) is 4.92. The van der Waals surface area contributed by atoms with E-state index in [1.165, 1.54) is 0 Å². The van der Waals surface area contributed by atoms with Gasteiger partial charge >= 0.3 is 0 Å². The zero-order valence-corrected chi connectivity index (χ0v) is 15.1. The molecule has 2 aliphatic rings. The lowest BCUT2D eigenvalue weighted by Crippen LogP contribution is -2.34. The lowest BCUT2D eigenvalue weighted by Gasteiger charge is -2.26. The van der Waals surface area contributed by atoms with Gasteiger partial charge < -0.3 is 19.1 Å². The standard InChI is InChI=1S/C20H20ClNO4/c21-15-3-1-4-16(12-15)26-13-20(23)22-8-2-5-17(22)14-6-7-18-19(11-14)25-10-9-24-18/h1,3-4,6-7,11-12,17H,2,5,8-10,13H2/t17-/m0/s1. The van der Waals surface area contributed by atoms with E-state index in [-0.39, 0.29) is 18.6 Å². The summed E-state index contributed by atoms with van der Waals surface area (Å²) in [7, 11) is 0. The van der Waals surface area contributed by atoms with Crippen molar-refractivity contribution in [1.82, 2.24) is 4.90 Å². The van der Waals surface area contributed by atoms with Gasteiger partial charge in [0.15, 0.2) is 18.1 Å². The minimum atomic E-state index is -0.0256. The van der Waals surface area contributed by atoms with Crippen molar-refractivity contribution in [3.05, 3.63) is 53.1 Å². The maximum atomic E-state index is 12.7. The van der Waals surface area contributed by atoms with Crippen molar-refractivity contribution >= 4 is 17.5 Å². The molecule has 136 valence electrons. The van der Waals surface area contributed by atoms with Gasteiger partial charge in [-0.3, -0.25) is 4.79 Å². The monoisotopic (exact) mass is 373 g/mol. The fourth-order valence-electron chi connectivity index (χ4n) is 3.46. The fourth-order valence-corrected chi connectivity index (χ4v) is 3.64. The molecule has 2 aromatic carbocycles. The fraction of sp³-hybridized carbons (Fsp3) is 0.350. The Morgan fingerprint density at radius 1 is 1.15 bits per heavy atom. The number of rotatable bonds is 4. The van der Waals surface area contributed by atoms with Crippen LogP contribution in [0.25, 0.3) is 0 Å². The van der Waals surface area contributed by atoms with Crippen LogP contribution in [0.5, 0.6) is 17.2 Å². The molecule has 5 nitrogen and oxygen atoms in total. The minimum Gasteiger partial charge on any atom is -0.486 e. The van der Waals surface area contributed by atoms with Crippen LogP contribution in [-0.4, -0.2) is 37.2 Å². The van der Waals surface area contributed by atoms with Gasteiger partial charge in [-0.2, -0.15) is 0 Å². The number of carbonyl (C=O) groups is 1. The summed E-state index contributed by atoms with van der Waals surface area (Å²) in [5.41, 5.74) is 1.07. The van der Waals surface area contributed by atoms with Gasteiger partial charge in [0, 0.05) is 11.6 Å². The van der Waals surface area contributed by atoms with Crippen molar-refractivity contribution in [2.45, 2.75) is 18.9 Å². The number of hydrogen-bond acceptors (Lipinski definition) is 4. The third kappa shape index (κ3) is 3.58. The Hall–Kier alpha value is -2.40. The molecule has 0 aromatic heterocycles. The lowest BCUT2D eigenvalue weighted by molar-refractivity contribution is -0.134. The van der Waals surface area contributed by atoms with Crippen molar-refractivity contribution < 1.29 is 19.0 Å². The Labute approximate surface area is 157 Å². The topological polar surface area (TPSA) is 48.0 Å². The molecule has 0 spiro atoms. The van der Waals surface area contributed by atoms with E-state index < -0.39 is 0 Å². The van der Waals surface area contributed by atoms with Gasteiger partial charge in [-0.05, 0) is 48.7 Å². The lowest BCUT2D eigenvalue weighted by atomic mass is 10.0. The van der Waals surface area contributed by atoms with Gasteiger partial charge in [-0.15, -0.1) is 0 Å². The number of likely N-dealkylation sites (tertiary alicyclic amines) is 1. The molecule has 1 fully saturated rings. The zero-order valence-electron chi connectivity index (χ0n) is 14.3. The van der Waals surface area contributed by atoms with Crippen LogP contribution in [0.3, 0.4) is 0 Å². The molecule has 0 N–H and O–H groups in total. The van der Waals surface area contributed by atoms with Crippen LogP contribution in [0.15, 0.2) is 42.5 Å². The highest BCUT2D eigenvalue weighted by Gasteiger charge is 2.31. The van der Waals surface area contributed by atoms with Crippen molar-refractivity contribution in [3.8, 4) is 17.2 Å². The number of halogens is 1. The van der Waals surface area contributed by atoms with E-state index in [9.17, 15) is 4.79 Å². The summed E-state index contributed by atoms with van der Waals surface area (Å²) in [5, 5.41) is 0.588. The second kappa shape index (κ2) is 7.46. The number of fused-ring (bicyclic) bond motifs is 1. The van der Waals surface area contributed by atoms with Crippen LogP contribution < -0.4 is 14.2 Å². The molecular weight excluding hydrogens is 354 g/mol. The van der Waals surface area contributed by atoms with E-state index in [0.717, 1.165) is 36.4 Å². The summed E-state index contributed by atoms with van der Waals surface area (Å²) in [6, 6.07) is 13.0. The molecule has 6 heteroatoms. The average Bonchev–Trinajstić information content (AvgIpc) is 3.16. The first-order valence-corrected chi connectivity index (χ1v) is 9.16. The van der Waals surface area contributed by atoms with Crippen LogP contribution in [-0.2, 0) is 4.79 Å². The molecule has 26 heavy (non-hydrogen) atoms. The quantitative estimate of drug-likeness (QED) is 0.816. The molecule has 1 atom stereocenters. The Kier molecular flexibility index (Phi) is 4.89. The second-order valence-electron chi connectivity index (χ2n) is 6.39. The largest absolute Gasteiger partial charge is 0.486 e. The van der Waals surface area contributed by atoms with E-state index in [0.29, 0.717) is 24.0 Å². The summed E-state index contributed by atoms with van der Waals surface area (Å²) in [4.78, 5) is 14.6. The molecular formula is C20H20ClNO4. The van der Waals surface area contributed by atoms with Gasteiger partial charge in [0.05, 0.1) is 6.04 Å². The Bertz CT molecular complexity index is 810. The van der Waals surface area contributed by atoms with Gasteiger partial charge in [0.1, 0.15) is 19.0 Å². The highest BCUT2D eigenvalue weighted by Crippen LogP contribution is 2.38. The first-order chi connectivity index (χ1) is 12.7. The molecule has 0 aliphatic carbocycles. The van der Waals surface area contributed by atoms with Crippen molar-refractivity contribution in [3.63, 3.8) is 0 Å². The Morgan fingerprint density at radius 2 is 2.00 bits per heavy atom. The summed E-state index contributed by atoms with van der Waals surface area (Å²) < 4.78 is 16.9. The summed E-state index contributed by atoms with van der Waals surface area (Å²) >= 11 is 5.95. The SMILES string of the molecule is O=C(COc1cccc(Cl)c1)N1CCC[C@H]1c1ccc2c(c1)OCCO2. The minimum absolute atomic E-state index is 0.00138. The Balaban J connectivity index is 1.45. The number of amides is 1. The maximum absolute atomic E-state index is 12.7. The van der Waals surface area contributed by atoms with Crippen molar-refractivity contribution in [2.24, 2.45) is 0 Å². The molecule has 1 saturated heterocycles. The van der Waals surface area contributed by atoms with Crippen LogP contribution in [0.4, 0.5) is 0 Å². The van der Waals surface area contributed by atoms with Crippen molar-refractivity contribution in [2.75, 3.05) is 26.4 Å². The summed E-state index contributed by atoms with van der Waals surface area (Å²) in [5.74, 6) is 2.09. The van der Waals surface area contributed by atoms with E-state index in [1.807, 2.05) is 23.1 Å². The summed E-state index contributed by atoms with van der Waals surface area (Å²) in [6.07, 6.45) is 1.91. The smallest absolute Gasteiger partial charge is 0.261 e. The van der Waals surface area contributed by atoms with E-state index in [2.05, 4.69) is 0 Å². The molecule has 0 saturated carbocycles. The predicted molar refractivity (Wildman–Crippen MR) is 98.1 cm³/mol. The van der Waals surface area contributed by atoms with E-state index in [4.69, 9.17) is 25.8 Å². The maximum Gasteiger partial charge on any atom is 0.261 e. The van der Waals surface area contributed by atoms with Gasteiger partial charge in [0.25, 0.3) is 5.91 Å². The predicted octanol–water partition coefficient (Wildman–Crippen LogP) is 3.85. The van der Waals surface area contributed by atoms with E-state index in [1.54, 1.807) is 24.3 Å². The molecule has 4 rings (SSSR count). The zero-order chi connectivity index (χ0) is 17.9. The van der Waals surface area contributed by atoms with Gasteiger partial charge in [-0.25, -0.2) is 0 Å². The highest BCUT2D eigenvalue weighted by atomic mass is 35.5.